The molecule has 47 heavy (non-hydrogen) atoms. The van der Waals surface area contributed by atoms with Gasteiger partial charge in [-0.25, -0.2) is 10.4 Å². The van der Waals surface area contributed by atoms with Gasteiger partial charge < -0.3 is 19.3 Å². The Bertz CT molecular complexity index is 1570. The van der Waals surface area contributed by atoms with Crippen molar-refractivity contribution in [2.45, 2.75) is 70.1 Å². The lowest BCUT2D eigenvalue weighted by atomic mass is 9.83. The summed E-state index contributed by atoms with van der Waals surface area (Å²) in [6, 6.07) is 23.9. The molecule has 0 unspecified atom stereocenters. The van der Waals surface area contributed by atoms with Gasteiger partial charge in [0.05, 0.1) is 6.61 Å². The number of nitrogens with zero attached hydrogens (tertiary/aromatic N) is 4. The lowest BCUT2D eigenvalue weighted by molar-refractivity contribution is -0.155. The molecule has 0 spiro atoms. The molecule has 12 heteroatoms. The van der Waals surface area contributed by atoms with E-state index in [0.29, 0.717) is 36.4 Å². The van der Waals surface area contributed by atoms with Crippen molar-refractivity contribution in [3.8, 4) is 5.75 Å². The van der Waals surface area contributed by atoms with Crippen molar-refractivity contribution in [2.75, 3.05) is 19.8 Å². The number of benzene rings is 3. The average molecular weight is 643 g/mol. The van der Waals surface area contributed by atoms with Crippen molar-refractivity contribution >= 4 is 23.5 Å². The third kappa shape index (κ3) is 9.79. The number of hydrogen-bond donors (Lipinski definition) is 3. The molecule has 0 fully saturated rings. The van der Waals surface area contributed by atoms with Crippen LogP contribution >= 0.6 is 0 Å². The highest BCUT2D eigenvalue weighted by Gasteiger charge is 2.54. The number of aryl methyl sites for hydroxylation is 1. The molecule has 3 aromatic carbocycles. The van der Waals surface area contributed by atoms with Gasteiger partial charge >= 0.3 is 5.97 Å². The Hall–Kier alpha value is -4.90. The van der Waals surface area contributed by atoms with Crippen LogP contribution in [-0.4, -0.2) is 53.8 Å². The Morgan fingerprint density at radius 3 is 2.47 bits per heavy atom. The Balaban J connectivity index is 1.67. The van der Waals surface area contributed by atoms with Crippen molar-refractivity contribution in [1.29, 1.82) is 0 Å². The summed E-state index contributed by atoms with van der Waals surface area (Å²) in [7, 11) is 0. The minimum Gasteiger partial charge on any atom is -0.494 e. The molecule has 0 saturated heterocycles. The molecule has 4 rings (SSSR count). The molecule has 0 bridgehead atoms. The molecule has 3 N–H and O–H groups in total. The minimum atomic E-state index is -1.64. The van der Waals surface area contributed by atoms with E-state index < -0.39 is 29.1 Å². The molecule has 1 aliphatic rings. The van der Waals surface area contributed by atoms with Crippen LogP contribution in [-0.2, 0) is 25.5 Å². The summed E-state index contributed by atoms with van der Waals surface area (Å²) < 4.78 is 17.7. The predicted molar refractivity (Wildman–Crippen MR) is 178 cm³/mol. The minimum absolute atomic E-state index is 0.0246. The van der Waals surface area contributed by atoms with Crippen LogP contribution in [0, 0.1) is 0 Å². The van der Waals surface area contributed by atoms with E-state index in [-0.39, 0.29) is 31.0 Å². The number of hydrazine groups is 1. The zero-order chi connectivity index (χ0) is 33.7. The zero-order valence-electron chi connectivity index (χ0n) is 27.0. The highest BCUT2D eigenvalue weighted by atomic mass is 16.6. The van der Waals surface area contributed by atoms with Crippen LogP contribution in [0.25, 0.3) is 10.4 Å². The summed E-state index contributed by atoms with van der Waals surface area (Å²) in [5.41, 5.74) is 15.3. The summed E-state index contributed by atoms with van der Waals surface area (Å²) >= 11 is 0. The molecule has 2 atom stereocenters. The molecule has 0 saturated carbocycles. The van der Waals surface area contributed by atoms with Crippen molar-refractivity contribution in [2.24, 2.45) is 10.1 Å². The standard InChI is InChI=1S/C35H42N6O6/c1-34(2,3)47-30(43)20-21-35(33(44)40-37-22-9-13-25-11-5-4-6-12-25)31(28-14-7-8-15-29(28)39-41-36)46-32(38-35)26-16-18-27(19-17-26)45-24-10-23-42/h4-8,11-12,14-19,31,37,42H,9-10,13,20-24H2,1-3H3,(H,40,44)/t31-,35-/m0/s1. The maximum atomic E-state index is 14.3. The lowest BCUT2D eigenvalue weighted by Crippen LogP contribution is -2.53. The van der Waals surface area contributed by atoms with E-state index in [0.717, 1.165) is 12.8 Å². The normalized spacial score (nSPS) is 17.2. The van der Waals surface area contributed by atoms with Crippen LogP contribution < -0.4 is 15.6 Å². The number of aliphatic hydroxyl groups is 1. The Kier molecular flexibility index (Phi) is 12.3. The van der Waals surface area contributed by atoms with Crippen LogP contribution in [0.2, 0.25) is 0 Å². The first-order valence-corrected chi connectivity index (χ1v) is 15.7. The molecule has 248 valence electrons. The largest absolute Gasteiger partial charge is 0.494 e. The zero-order valence-corrected chi connectivity index (χ0v) is 27.0. The predicted octanol–water partition coefficient (Wildman–Crippen LogP) is 6.02. The first-order chi connectivity index (χ1) is 22.6. The van der Waals surface area contributed by atoms with Crippen LogP contribution in [0.15, 0.2) is 89.0 Å². The van der Waals surface area contributed by atoms with Crippen LogP contribution in [0.4, 0.5) is 5.69 Å². The lowest BCUT2D eigenvalue weighted by Gasteiger charge is -2.31. The van der Waals surface area contributed by atoms with Crippen LogP contribution in [0.1, 0.15) is 69.2 Å². The topological polar surface area (TPSA) is 167 Å². The van der Waals surface area contributed by atoms with E-state index in [4.69, 9.17) is 24.3 Å². The number of carbonyl (C=O) groups is 2. The number of ether oxygens (including phenoxy) is 3. The number of hydrogen-bond acceptors (Lipinski definition) is 9. The number of aliphatic imine (C=N–C) groups is 1. The van der Waals surface area contributed by atoms with Crippen LogP contribution in [0.5, 0.6) is 5.75 Å². The Morgan fingerprint density at radius 1 is 1.04 bits per heavy atom. The van der Waals surface area contributed by atoms with Crippen molar-refractivity contribution in [3.63, 3.8) is 0 Å². The molecule has 0 aromatic heterocycles. The smallest absolute Gasteiger partial charge is 0.306 e. The fourth-order valence-corrected chi connectivity index (χ4v) is 5.16. The maximum absolute atomic E-state index is 14.3. The second-order valence-corrected chi connectivity index (χ2v) is 12.1. The van der Waals surface area contributed by atoms with E-state index >= 15 is 0 Å². The van der Waals surface area contributed by atoms with E-state index in [1.54, 1.807) is 69.3 Å². The first-order valence-electron chi connectivity index (χ1n) is 15.7. The fraction of sp³-hybridized carbons (Fsp3) is 0.400. The number of nitrogens with one attached hydrogen (secondary N) is 2. The number of rotatable bonds is 16. The second-order valence-electron chi connectivity index (χ2n) is 12.1. The molecule has 1 aliphatic heterocycles. The second kappa shape index (κ2) is 16.6. The number of carbonyl (C=O) groups excluding carboxylic acids is 2. The summed E-state index contributed by atoms with van der Waals surface area (Å²) in [6.07, 6.45) is 0.848. The summed E-state index contributed by atoms with van der Waals surface area (Å²) in [4.78, 5) is 35.1. The highest BCUT2D eigenvalue weighted by Crippen LogP contribution is 2.46. The first kappa shape index (κ1) is 35.0. The summed E-state index contributed by atoms with van der Waals surface area (Å²) in [5.74, 6) is -0.230. The van der Waals surface area contributed by atoms with Gasteiger partial charge in [-0.05, 0) is 75.4 Å². The third-order valence-corrected chi connectivity index (χ3v) is 7.34. The number of amides is 1. The van der Waals surface area contributed by atoms with E-state index in [2.05, 4.69) is 33.0 Å². The van der Waals surface area contributed by atoms with Crippen LogP contribution in [0.3, 0.4) is 0 Å². The molecular weight excluding hydrogens is 600 g/mol. The van der Waals surface area contributed by atoms with E-state index in [1.165, 1.54) is 5.56 Å². The Labute approximate surface area is 274 Å². The molecule has 3 aromatic rings. The van der Waals surface area contributed by atoms with E-state index in [9.17, 15) is 15.1 Å². The molecule has 1 heterocycles. The quantitative estimate of drug-likeness (QED) is 0.0429. The highest BCUT2D eigenvalue weighted by molar-refractivity contribution is 6.01. The molecular formula is C35H42N6O6. The molecule has 0 radical (unpaired) electrons. The van der Waals surface area contributed by atoms with E-state index in [1.807, 2.05) is 18.2 Å². The third-order valence-electron chi connectivity index (χ3n) is 7.34. The van der Waals surface area contributed by atoms with Gasteiger partial charge in [0.1, 0.15) is 11.4 Å². The maximum Gasteiger partial charge on any atom is 0.306 e. The number of aliphatic hydroxyl groups excluding tert-OH is 1. The van der Waals surface area contributed by atoms with Crippen molar-refractivity contribution in [3.05, 3.63) is 106 Å². The molecule has 0 aliphatic carbocycles. The van der Waals surface area contributed by atoms with Gasteiger partial charge in [-0.15, -0.1) is 0 Å². The van der Waals surface area contributed by atoms with Gasteiger partial charge in [-0.2, -0.15) is 0 Å². The van der Waals surface area contributed by atoms with Gasteiger partial charge in [0, 0.05) is 47.7 Å². The average Bonchev–Trinajstić information content (AvgIpc) is 3.45. The fourth-order valence-electron chi connectivity index (χ4n) is 5.16. The van der Waals surface area contributed by atoms with Gasteiger partial charge in [-0.1, -0.05) is 59.7 Å². The van der Waals surface area contributed by atoms with Gasteiger partial charge in [0.2, 0.25) is 5.90 Å². The number of azide groups is 1. The molecule has 1 amide bonds. The Morgan fingerprint density at radius 2 is 1.77 bits per heavy atom. The van der Waals surface area contributed by atoms with Crippen molar-refractivity contribution in [1.82, 2.24) is 10.9 Å². The monoisotopic (exact) mass is 642 g/mol. The van der Waals surface area contributed by atoms with Gasteiger partial charge in [-0.3, -0.25) is 15.0 Å². The SMILES string of the molecule is CC(C)(C)OC(=O)CC[C@]1(C(=O)NNCCCc2ccccc2)N=C(c2ccc(OCCCO)cc2)O[C@H]1c1ccccc1N=[N+]=[N-]. The van der Waals surface area contributed by atoms with Gasteiger partial charge in [0.25, 0.3) is 5.91 Å². The number of esters is 1. The summed E-state index contributed by atoms with van der Waals surface area (Å²) in [6.45, 7) is 6.19. The van der Waals surface area contributed by atoms with Crippen molar-refractivity contribution < 1.29 is 28.9 Å². The summed E-state index contributed by atoms with van der Waals surface area (Å²) in [5, 5.41) is 12.9. The molecule has 12 nitrogen and oxygen atoms in total. The van der Waals surface area contributed by atoms with Gasteiger partial charge in [0.15, 0.2) is 11.6 Å².